The lowest BCUT2D eigenvalue weighted by Gasteiger charge is -2.63. The van der Waals surface area contributed by atoms with E-state index < -0.39 is 40.3 Å². The summed E-state index contributed by atoms with van der Waals surface area (Å²) < 4.78 is 0. The molecule has 0 radical (unpaired) electrons. The van der Waals surface area contributed by atoms with Crippen molar-refractivity contribution in [3.05, 3.63) is 12.2 Å². The normalized spacial score (nSPS) is 60.1. The van der Waals surface area contributed by atoms with Crippen LogP contribution >= 0.6 is 0 Å². The molecular weight excluding hydrogens is 320 g/mol. The predicted octanol–water partition coefficient (Wildman–Crippen LogP) is 0.974. The SMILES string of the molecule is C=C1[C@H]2C[C@H](O)C(C)(C)[C@H](O)[C@]2(O)C[C@]23C[C@@](C)(O)[C@H](CC[C@@H]12)[C@H]3O. The lowest BCUT2D eigenvalue weighted by atomic mass is 9.45. The first-order valence-corrected chi connectivity index (χ1v) is 9.55. The summed E-state index contributed by atoms with van der Waals surface area (Å²) in [5.41, 5.74) is -3.05. The number of hydrogen-bond donors (Lipinski definition) is 5. The average Bonchev–Trinajstić information content (AvgIpc) is 2.61. The second kappa shape index (κ2) is 4.87. The van der Waals surface area contributed by atoms with Gasteiger partial charge in [0.05, 0.1) is 29.5 Å². The Morgan fingerprint density at radius 2 is 1.60 bits per heavy atom. The molecule has 0 amide bonds. The maximum absolute atomic E-state index is 11.6. The van der Waals surface area contributed by atoms with Gasteiger partial charge in [0.2, 0.25) is 0 Å². The van der Waals surface area contributed by atoms with E-state index in [1.807, 2.05) is 0 Å². The van der Waals surface area contributed by atoms with Crippen LogP contribution in [-0.4, -0.2) is 55.0 Å². The second-order valence-corrected chi connectivity index (χ2v) is 10.2. The van der Waals surface area contributed by atoms with Crippen molar-refractivity contribution in [2.24, 2.45) is 28.6 Å². The first-order chi connectivity index (χ1) is 11.4. The molecule has 0 aromatic carbocycles. The van der Waals surface area contributed by atoms with Crippen LogP contribution < -0.4 is 0 Å². The third-order valence-electron chi connectivity index (χ3n) is 8.52. The molecule has 2 bridgehead atoms. The largest absolute Gasteiger partial charge is 0.392 e. The van der Waals surface area contributed by atoms with Crippen LogP contribution in [0.4, 0.5) is 0 Å². The van der Waals surface area contributed by atoms with Gasteiger partial charge in [0.15, 0.2) is 0 Å². The second-order valence-electron chi connectivity index (χ2n) is 10.2. The van der Waals surface area contributed by atoms with Gasteiger partial charge in [-0.2, -0.15) is 0 Å². The van der Waals surface area contributed by atoms with Gasteiger partial charge in [-0.05, 0) is 44.9 Å². The Bertz CT molecular complexity index is 609. The van der Waals surface area contributed by atoms with E-state index in [0.717, 1.165) is 18.4 Å². The molecular formula is C20H32O5. The number of aliphatic hydroxyl groups excluding tert-OH is 3. The molecule has 5 heteroatoms. The maximum Gasteiger partial charge on any atom is 0.0983 e. The summed E-state index contributed by atoms with van der Waals surface area (Å²) in [6, 6.07) is 0. The summed E-state index contributed by atoms with van der Waals surface area (Å²) in [7, 11) is 0. The fraction of sp³-hybridized carbons (Fsp3) is 0.900. The Hall–Kier alpha value is -0.460. The van der Waals surface area contributed by atoms with E-state index in [1.165, 1.54) is 0 Å². The molecule has 4 rings (SSSR count). The van der Waals surface area contributed by atoms with E-state index in [4.69, 9.17) is 0 Å². The topological polar surface area (TPSA) is 101 Å². The molecule has 1 spiro atoms. The van der Waals surface area contributed by atoms with Crippen molar-refractivity contribution in [3.8, 4) is 0 Å². The van der Waals surface area contributed by atoms with Crippen LogP contribution in [0, 0.1) is 28.6 Å². The molecule has 9 atom stereocenters. The molecule has 0 heterocycles. The number of aliphatic hydroxyl groups is 5. The molecule has 0 aromatic heterocycles. The molecule has 4 aliphatic carbocycles. The van der Waals surface area contributed by atoms with Crippen LogP contribution in [0.15, 0.2) is 12.2 Å². The zero-order chi connectivity index (χ0) is 18.6. The van der Waals surface area contributed by atoms with Crippen LogP contribution in [0.5, 0.6) is 0 Å². The molecule has 4 aliphatic rings. The zero-order valence-corrected chi connectivity index (χ0v) is 15.4. The van der Waals surface area contributed by atoms with Crippen molar-refractivity contribution in [1.29, 1.82) is 0 Å². The molecule has 0 aromatic rings. The van der Waals surface area contributed by atoms with Crippen LogP contribution in [0.3, 0.4) is 0 Å². The van der Waals surface area contributed by atoms with E-state index in [0.29, 0.717) is 12.8 Å². The van der Waals surface area contributed by atoms with Crippen molar-refractivity contribution in [2.75, 3.05) is 0 Å². The summed E-state index contributed by atoms with van der Waals surface area (Å²) in [6.07, 6.45) is 0.0811. The van der Waals surface area contributed by atoms with Gasteiger partial charge in [-0.1, -0.05) is 26.0 Å². The van der Waals surface area contributed by atoms with Crippen molar-refractivity contribution in [1.82, 2.24) is 0 Å². The summed E-state index contributed by atoms with van der Waals surface area (Å²) in [6.45, 7) is 9.59. The van der Waals surface area contributed by atoms with Gasteiger partial charge in [-0.25, -0.2) is 0 Å². The highest BCUT2D eigenvalue weighted by atomic mass is 16.4. The van der Waals surface area contributed by atoms with E-state index in [1.54, 1.807) is 20.8 Å². The minimum atomic E-state index is -1.43. The molecule has 142 valence electrons. The average molecular weight is 352 g/mol. The standard InChI is InChI=1S/C20H32O5/c1-10-11-5-6-12-15(22)19(11,8-18(12,4)24)9-20(25)13(10)7-14(21)17(2,3)16(20)23/h11-16,21-25H,1,5-9H2,2-4H3/t11-,12+,13+,14-,15+,16-,18+,19+,20-/m0/s1. The molecule has 5 N–H and O–H groups in total. The van der Waals surface area contributed by atoms with Crippen molar-refractivity contribution < 1.29 is 25.5 Å². The van der Waals surface area contributed by atoms with Crippen molar-refractivity contribution >= 4 is 0 Å². The van der Waals surface area contributed by atoms with Crippen LogP contribution in [0.25, 0.3) is 0 Å². The van der Waals surface area contributed by atoms with E-state index in [-0.39, 0.29) is 24.2 Å². The third-order valence-corrected chi connectivity index (χ3v) is 8.52. The minimum Gasteiger partial charge on any atom is -0.392 e. The van der Waals surface area contributed by atoms with Gasteiger partial charge in [0, 0.05) is 22.7 Å². The summed E-state index contributed by atoms with van der Waals surface area (Å²) >= 11 is 0. The fourth-order valence-corrected chi connectivity index (χ4v) is 7.13. The van der Waals surface area contributed by atoms with Crippen LogP contribution in [0.1, 0.15) is 52.9 Å². The molecule has 4 fully saturated rings. The highest BCUT2D eigenvalue weighted by Gasteiger charge is 2.72. The summed E-state index contributed by atoms with van der Waals surface area (Å²) in [5.74, 6) is -0.565. The quantitative estimate of drug-likeness (QED) is 0.418. The summed E-state index contributed by atoms with van der Waals surface area (Å²) in [4.78, 5) is 0. The van der Waals surface area contributed by atoms with Gasteiger partial charge in [0.25, 0.3) is 0 Å². The Kier molecular flexibility index (Phi) is 3.49. The smallest absolute Gasteiger partial charge is 0.0983 e. The zero-order valence-electron chi connectivity index (χ0n) is 15.4. The Morgan fingerprint density at radius 1 is 0.960 bits per heavy atom. The highest BCUT2D eigenvalue weighted by Crippen LogP contribution is 2.69. The number of fused-ring (bicyclic) bond motifs is 2. The molecule has 0 unspecified atom stereocenters. The van der Waals surface area contributed by atoms with Gasteiger partial charge in [-0.3, -0.25) is 0 Å². The minimum absolute atomic E-state index is 0.0126. The molecule has 0 aliphatic heterocycles. The van der Waals surface area contributed by atoms with Crippen LogP contribution in [-0.2, 0) is 0 Å². The lowest BCUT2D eigenvalue weighted by molar-refractivity contribution is -0.249. The first kappa shape index (κ1) is 17.9. The van der Waals surface area contributed by atoms with Gasteiger partial charge in [0.1, 0.15) is 0 Å². The third kappa shape index (κ3) is 1.97. The molecule has 5 nitrogen and oxygen atoms in total. The number of rotatable bonds is 0. The monoisotopic (exact) mass is 352 g/mol. The maximum atomic E-state index is 11.6. The van der Waals surface area contributed by atoms with Gasteiger partial charge < -0.3 is 25.5 Å². The summed E-state index contributed by atoms with van der Waals surface area (Å²) in [5, 5.41) is 55.1. The van der Waals surface area contributed by atoms with E-state index >= 15 is 0 Å². The molecule has 4 saturated carbocycles. The van der Waals surface area contributed by atoms with Crippen LogP contribution in [0.2, 0.25) is 0 Å². The molecule has 25 heavy (non-hydrogen) atoms. The van der Waals surface area contributed by atoms with Crippen molar-refractivity contribution in [3.63, 3.8) is 0 Å². The van der Waals surface area contributed by atoms with Gasteiger partial charge in [-0.15, -0.1) is 0 Å². The number of hydrogen-bond acceptors (Lipinski definition) is 5. The fourth-order valence-electron chi connectivity index (χ4n) is 7.13. The van der Waals surface area contributed by atoms with Crippen molar-refractivity contribution in [2.45, 2.75) is 82.4 Å². The van der Waals surface area contributed by atoms with E-state index in [9.17, 15) is 25.5 Å². The lowest BCUT2D eigenvalue weighted by Crippen LogP contribution is -2.69. The van der Waals surface area contributed by atoms with E-state index in [2.05, 4.69) is 6.58 Å². The predicted molar refractivity (Wildman–Crippen MR) is 92.5 cm³/mol. The molecule has 0 saturated heterocycles. The highest BCUT2D eigenvalue weighted by molar-refractivity contribution is 5.32. The van der Waals surface area contributed by atoms with Gasteiger partial charge >= 0.3 is 0 Å². The first-order valence-electron chi connectivity index (χ1n) is 9.55. The Labute approximate surface area is 149 Å². The Balaban J connectivity index is 1.82. The Morgan fingerprint density at radius 3 is 2.24 bits per heavy atom.